The highest BCUT2D eigenvalue weighted by molar-refractivity contribution is 6.01. The maximum absolute atomic E-state index is 13.6. The molecule has 2 aliphatic rings. The van der Waals surface area contributed by atoms with Crippen LogP contribution in [0.15, 0.2) is 78.3 Å². The summed E-state index contributed by atoms with van der Waals surface area (Å²) < 4.78 is 11.1. The highest BCUT2D eigenvalue weighted by Crippen LogP contribution is 2.46. The first-order valence-electron chi connectivity index (χ1n) is 10.7. The molecule has 2 heterocycles. The predicted octanol–water partition coefficient (Wildman–Crippen LogP) is 5.08. The molecule has 162 valence electrons. The quantitative estimate of drug-likeness (QED) is 0.605. The van der Waals surface area contributed by atoms with Crippen molar-refractivity contribution < 1.29 is 14.3 Å². The highest BCUT2D eigenvalue weighted by Gasteiger charge is 2.37. The van der Waals surface area contributed by atoms with Crippen LogP contribution in [0.25, 0.3) is 0 Å². The lowest BCUT2D eigenvalue weighted by Gasteiger charge is -2.30. The molecule has 5 rings (SSSR count). The van der Waals surface area contributed by atoms with Crippen molar-refractivity contribution >= 4 is 17.2 Å². The molecular weight excluding hydrogens is 402 g/mol. The Morgan fingerprint density at radius 3 is 2.56 bits per heavy atom. The topological polar surface area (TPSA) is 72.5 Å². The number of Topliss-reactive ketones (excluding diaryl/α,β-unsaturated/α-hetero) is 1. The number of aromatic nitrogens is 1. The number of para-hydroxylation sites is 2. The second kappa shape index (κ2) is 8.38. The standard InChI is InChI=1S/C26H25N3O3/c1-31-18-9-10-24(32-2)19(14-18)17-12-22-25(23(30)13-17)26(16-6-5-11-27-15-16)29-21-8-4-3-7-20(21)28-22/h3-11,14-15,17,26,28-29H,12-13H2,1-2H3. The van der Waals surface area contributed by atoms with Gasteiger partial charge in [-0.1, -0.05) is 18.2 Å². The number of carbonyl (C=O) groups excluding carboxylic acids is 1. The number of hydrogen-bond acceptors (Lipinski definition) is 6. The van der Waals surface area contributed by atoms with Crippen LogP contribution in [0.2, 0.25) is 0 Å². The third-order valence-corrected chi connectivity index (χ3v) is 6.20. The number of hydrogen-bond donors (Lipinski definition) is 2. The molecule has 1 aliphatic carbocycles. The Bertz CT molecular complexity index is 1190. The van der Waals surface area contributed by atoms with E-state index in [4.69, 9.17) is 9.47 Å². The van der Waals surface area contributed by atoms with Crippen LogP contribution >= 0.6 is 0 Å². The molecule has 2 N–H and O–H groups in total. The molecule has 1 aliphatic heterocycles. The van der Waals surface area contributed by atoms with Crippen LogP contribution in [0.4, 0.5) is 11.4 Å². The van der Waals surface area contributed by atoms with Crippen LogP contribution in [-0.2, 0) is 4.79 Å². The van der Waals surface area contributed by atoms with Gasteiger partial charge in [0.05, 0.1) is 31.6 Å². The largest absolute Gasteiger partial charge is 0.497 e. The Kier molecular flexibility index (Phi) is 5.27. The molecule has 2 aromatic carbocycles. The van der Waals surface area contributed by atoms with Crippen molar-refractivity contribution in [1.82, 2.24) is 4.98 Å². The minimum Gasteiger partial charge on any atom is -0.497 e. The van der Waals surface area contributed by atoms with Crippen molar-refractivity contribution in [2.24, 2.45) is 0 Å². The maximum Gasteiger partial charge on any atom is 0.163 e. The van der Waals surface area contributed by atoms with Gasteiger partial charge in [0.15, 0.2) is 5.78 Å². The minimum absolute atomic E-state index is 0.0152. The molecule has 0 amide bonds. The molecule has 32 heavy (non-hydrogen) atoms. The fourth-order valence-electron chi connectivity index (χ4n) is 4.67. The van der Waals surface area contributed by atoms with Crippen molar-refractivity contribution in [3.8, 4) is 11.5 Å². The molecule has 2 unspecified atom stereocenters. The molecule has 6 nitrogen and oxygen atoms in total. The zero-order valence-electron chi connectivity index (χ0n) is 18.1. The molecule has 0 radical (unpaired) electrons. The van der Waals surface area contributed by atoms with E-state index in [1.54, 1.807) is 20.4 Å². The van der Waals surface area contributed by atoms with E-state index >= 15 is 0 Å². The fraction of sp³-hybridized carbons (Fsp3) is 0.231. The van der Waals surface area contributed by atoms with Gasteiger partial charge in [-0.3, -0.25) is 9.78 Å². The molecule has 0 saturated carbocycles. The van der Waals surface area contributed by atoms with Gasteiger partial charge >= 0.3 is 0 Å². The summed E-state index contributed by atoms with van der Waals surface area (Å²) in [5.74, 6) is 1.62. The predicted molar refractivity (Wildman–Crippen MR) is 124 cm³/mol. The summed E-state index contributed by atoms with van der Waals surface area (Å²) in [7, 11) is 3.30. The number of ether oxygens (including phenoxy) is 2. The molecule has 0 saturated heterocycles. The lowest BCUT2D eigenvalue weighted by Crippen LogP contribution is -2.27. The van der Waals surface area contributed by atoms with Gasteiger partial charge in [0.25, 0.3) is 0 Å². The third-order valence-electron chi connectivity index (χ3n) is 6.20. The highest BCUT2D eigenvalue weighted by atomic mass is 16.5. The van der Waals surface area contributed by atoms with E-state index < -0.39 is 0 Å². The first-order valence-corrected chi connectivity index (χ1v) is 10.7. The Morgan fingerprint density at radius 2 is 1.81 bits per heavy atom. The number of rotatable bonds is 4. The maximum atomic E-state index is 13.6. The van der Waals surface area contributed by atoms with Gasteiger partial charge in [-0.15, -0.1) is 0 Å². The summed E-state index contributed by atoms with van der Waals surface area (Å²) in [5.41, 5.74) is 5.56. The number of benzene rings is 2. The lowest BCUT2D eigenvalue weighted by atomic mass is 9.78. The molecule has 1 aromatic heterocycles. The third kappa shape index (κ3) is 3.58. The number of ketones is 1. The van der Waals surface area contributed by atoms with Crippen molar-refractivity contribution in [3.05, 3.63) is 89.4 Å². The van der Waals surface area contributed by atoms with E-state index in [-0.39, 0.29) is 17.7 Å². The molecule has 3 aromatic rings. The van der Waals surface area contributed by atoms with E-state index in [1.807, 2.05) is 60.8 Å². The van der Waals surface area contributed by atoms with Gasteiger partial charge < -0.3 is 20.1 Å². The summed E-state index contributed by atoms with van der Waals surface area (Å²) in [6.07, 6.45) is 4.66. The van der Waals surface area contributed by atoms with Crippen LogP contribution < -0.4 is 20.1 Å². The van der Waals surface area contributed by atoms with E-state index in [9.17, 15) is 4.79 Å². The second-order valence-electron chi connectivity index (χ2n) is 8.06. The van der Waals surface area contributed by atoms with Crippen LogP contribution in [0.5, 0.6) is 11.5 Å². The number of nitrogens with one attached hydrogen (secondary N) is 2. The Hall–Kier alpha value is -3.80. The first-order chi connectivity index (χ1) is 15.7. The van der Waals surface area contributed by atoms with E-state index in [0.717, 1.165) is 45.3 Å². The fourth-order valence-corrected chi connectivity index (χ4v) is 4.67. The Balaban J connectivity index is 1.61. The number of fused-ring (bicyclic) bond motifs is 1. The summed E-state index contributed by atoms with van der Waals surface area (Å²) in [6.45, 7) is 0. The van der Waals surface area contributed by atoms with Gasteiger partial charge in [0, 0.05) is 41.6 Å². The van der Waals surface area contributed by atoms with Gasteiger partial charge in [-0.25, -0.2) is 0 Å². The average molecular weight is 428 g/mol. The number of methoxy groups -OCH3 is 2. The summed E-state index contributed by atoms with van der Waals surface area (Å²) >= 11 is 0. The Morgan fingerprint density at radius 1 is 0.969 bits per heavy atom. The van der Waals surface area contributed by atoms with Crippen molar-refractivity contribution in [1.29, 1.82) is 0 Å². The van der Waals surface area contributed by atoms with Gasteiger partial charge in [0.1, 0.15) is 11.5 Å². The SMILES string of the molecule is COc1ccc(OC)c(C2CC(=O)C3=C(C2)Nc2ccccc2NC3c2cccnc2)c1. The van der Waals surface area contributed by atoms with Crippen molar-refractivity contribution in [3.63, 3.8) is 0 Å². The van der Waals surface area contributed by atoms with Crippen LogP contribution in [0.1, 0.15) is 35.9 Å². The molecule has 2 atom stereocenters. The summed E-state index contributed by atoms with van der Waals surface area (Å²) in [6, 6.07) is 17.4. The lowest BCUT2D eigenvalue weighted by molar-refractivity contribution is -0.116. The zero-order valence-corrected chi connectivity index (χ0v) is 18.1. The van der Waals surface area contributed by atoms with E-state index in [2.05, 4.69) is 15.6 Å². The van der Waals surface area contributed by atoms with E-state index in [0.29, 0.717) is 12.8 Å². The van der Waals surface area contributed by atoms with Gasteiger partial charge in [-0.2, -0.15) is 0 Å². The number of nitrogens with zero attached hydrogens (tertiary/aromatic N) is 1. The van der Waals surface area contributed by atoms with Crippen molar-refractivity contribution in [2.45, 2.75) is 24.8 Å². The van der Waals surface area contributed by atoms with E-state index in [1.165, 1.54) is 0 Å². The van der Waals surface area contributed by atoms with Gasteiger partial charge in [0.2, 0.25) is 0 Å². The number of pyridine rings is 1. The summed E-state index contributed by atoms with van der Waals surface area (Å²) in [4.78, 5) is 17.9. The zero-order chi connectivity index (χ0) is 22.1. The molecule has 0 spiro atoms. The van der Waals surface area contributed by atoms with Crippen LogP contribution in [-0.4, -0.2) is 25.0 Å². The molecule has 0 bridgehead atoms. The van der Waals surface area contributed by atoms with Gasteiger partial charge in [-0.05, 0) is 48.4 Å². The Labute approximate surface area is 187 Å². The normalized spacial score (nSPS) is 19.8. The number of anilines is 2. The monoisotopic (exact) mass is 427 g/mol. The second-order valence-corrected chi connectivity index (χ2v) is 8.06. The summed E-state index contributed by atoms with van der Waals surface area (Å²) in [5, 5.41) is 7.14. The van der Waals surface area contributed by atoms with Crippen molar-refractivity contribution in [2.75, 3.05) is 24.9 Å². The smallest absolute Gasteiger partial charge is 0.163 e. The number of allylic oxidation sites excluding steroid dienone is 1. The minimum atomic E-state index is -0.268. The first kappa shape index (κ1) is 20.1. The molecule has 0 fully saturated rings. The van der Waals surface area contributed by atoms with Crippen LogP contribution in [0.3, 0.4) is 0 Å². The van der Waals surface area contributed by atoms with Crippen LogP contribution in [0, 0.1) is 0 Å². The molecular formula is C26H25N3O3. The molecule has 6 heteroatoms. The average Bonchev–Trinajstić information content (AvgIpc) is 3.01. The number of carbonyl (C=O) groups is 1.